The average molecular weight is 303 g/mol. The van der Waals surface area contributed by atoms with Crippen LogP contribution in [0.2, 0.25) is 0 Å². The van der Waals surface area contributed by atoms with Gasteiger partial charge in [-0.25, -0.2) is 0 Å². The van der Waals surface area contributed by atoms with E-state index in [2.05, 4.69) is 15.5 Å². The lowest BCUT2D eigenvalue weighted by atomic mass is 10.2. The first-order valence-corrected chi connectivity index (χ1v) is 6.67. The van der Waals surface area contributed by atoms with Crippen LogP contribution in [-0.2, 0) is 0 Å². The number of carbonyl (C=O) groups excluding carboxylic acids is 1. The van der Waals surface area contributed by atoms with Gasteiger partial charge in [-0.3, -0.25) is 4.79 Å². The van der Waals surface area contributed by atoms with Crippen LogP contribution in [0.3, 0.4) is 0 Å². The SMILES string of the molecule is CCOc1ccc(C(=O)Nc2cc(OC)ccc2OC)nn1. The van der Waals surface area contributed by atoms with Gasteiger partial charge in [-0.2, -0.15) is 0 Å². The first-order valence-electron chi connectivity index (χ1n) is 6.67. The summed E-state index contributed by atoms with van der Waals surface area (Å²) in [6, 6.07) is 8.25. The number of rotatable bonds is 6. The maximum Gasteiger partial charge on any atom is 0.276 e. The van der Waals surface area contributed by atoms with Gasteiger partial charge in [0.1, 0.15) is 11.5 Å². The van der Waals surface area contributed by atoms with Gasteiger partial charge < -0.3 is 19.5 Å². The molecule has 1 aromatic heterocycles. The molecule has 0 saturated heterocycles. The van der Waals surface area contributed by atoms with Crippen LogP contribution in [-0.4, -0.2) is 36.9 Å². The van der Waals surface area contributed by atoms with Crippen LogP contribution in [0, 0.1) is 0 Å². The highest BCUT2D eigenvalue weighted by Crippen LogP contribution is 2.29. The Hall–Kier alpha value is -2.83. The van der Waals surface area contributed by atoms with Crippen molar-refractivity contribution in [2.75, 3.05) is 26.1 Å². The Bertz CT molecular complexity index is 644. The second-order valence-electron chi connectivity index (χ2n) is 4.21. The maximum absolute atomic E-state index is 12.2. The molecule has 0 fully saturated rings. The van der Waals surface area contributed by atoms with Crippen LogP contribution in [0.15, 0.2) is 30.3 Å². The Kier molecular flexibility index (Phi) is 5.13. The van der Waals surface area contributed by atoms with Crippen LogP contribution in [0.25, 0.3) is 0 Å². The third-order valence-corrected chi connectivity index (χ3v) is 2.82. The minimum Gasteiger partial charge on any atom is -0.497 e. The predicted molar refractivity (Wildman–Crippen MR) is 80.7 cm³/mol. The lowest BCUT2D eigenvalue weighted by Gasteiger charge is -2.11. The molecule has 0 atom stereocenters. The van der Waals surface area contributed by atoms with Crippen LogP contribution < -0.4 is 19.5 Å². The number of aromatic nitrogens is 2. The van der Waals surface area contributed by atoms with Crippen molar-refractivity contribution in [3.05, 3.63) is 36.0 Å². The first-order chi connectivity index (χ1) is 10.7. The molecule has 116 valence electrons. The van der Waals surface area contributed by atoms with Crippen LogP contribution >= 0.6 is 0 Å². The topological polar surface area (TPSA) is 82.6 Å². The molecule has 1 aromatic carbocycles. The van der Waals surface area contributed by atoms with E-state index in [4.69, 9.17) is 14.2 Å². The molecule has 0 saturated carbocycles. The first kappa shape index (κ1) is 15.6. The number of carbonyl (C=O) groups is 1. The molecule has 1 heterocycles. The summed E-state index contributed by atoms with van der Waals surface area (Å²) in [6.07, 6.45) is 0. The van der Waals surface area contributed by atoms with Crippen molar-refractivity contribution in [3.63, 3.8) is 0 Å². The summed E-state index contributed by atoms with van der Waals surface area (Å²) in [6.45, 7) is 2.33. The molecule has 2 rings (SSSR count). The van der Waals surface area contributed by atoms with E-state index in [1.165, 1.54) is 7.11 Å². The average Bonchev–Trinajstić information content (AvgIpc) is 2.55. The van der Waals surface area contributed by atoms with Crippen molar-refractivity contribution in [2.45, 2.75) is 6.92 Å². The van der Waals surface area contributed by atoms with E-state index in [-0.39, 0.29) is 5.69 Å². The van der Waals surface area contributed by atoms with Gasteiger partial charge in [0.25, 0.3) is 5.91 Å². The van der Waals surface area contributed by atoms with Gasteiger partial charge in [-0.15, -0.1) is 10.2 Å². The second kappa shape index (κ2) is 7.26. The maximum atomic E-state index is 12.2. The zero-order chi connectivity index (χ0) is 15.9. The van der Waals surface area contributed by atoms with Gasteiger partial charge >= 0.3 is 0 Å². The van der Waals surface area contributed by atoms with Gasteiger partial charge in [0.05, 0.1) is 26.5 Å². The summed E-state index contributed by atoms with van der Waals surface area (Å²) < 4.78 is 15.5. The van der Waals surface area contributed by atoms with E-state index in [0.29, 0.717) is 29.7 Å². The molecule has 2 aromatic rings. The van der Waals surface area contributed by atoms with Crippen molar-refractivity contribution in [2.24, 2.45) is 0 Å². The molecule has 1 amide bonds. The quantitative estimate of drug-likeness (QED) is 0.880. The molecule has 1 N–H and O–H groups in total. The monoisotopic (exact) mass is 303 g/mol. The number of methoxy groups -OCH3 is 2. The molecule has 0 aliphatic heterocycles. The Morgan fingerprint density at radius 1 is 1.14 bits per heavy atom. The summed E-state index contributed by atoms with van der Waals surface area (Å²) >= 11 is 0. The van der Waals surface area contributed by atoms with Gasteiger partial charge in [0.2, 0.25) is 5.88 Å². The Morgan fingerprint density at radius 2 is 1.95 bits per heavy atom. The fourth-order valence-electron chi connectivity index (χ4n) is 1.76. The predicted octanol–water partition coefficient (Wildman–Crippen LogP) is 2.14. The zero-order valence-corrected chi connectivity index (χ0v) is 12.6. The number of hydrogen-bond acceptors (Lipinski definition) is 6. The highest BCUT2D eigenvalue weighted by molar-refractivity contribution is 6.03. The number of ether oxygens (including phenoxy) is 3. The molecule has 7 heteroatoms. The smallest absolute Gasteiger partial charge is 0.276 e. The summed E-state index contributed by atoms with van der Waals surface area (Å²) in [7, 11) is 3.07. The van der Waals surface area contributed by atoms with Gasteiger partial charge in [0, 0.05) is 12.1 Å². The summed E-state index contributed by atoms with van der Waals surface area (Å²) in [5.74, 6) is 1.10. The van der Waals surface area contributed by atoms with E-state index in [1.54, 1.807) is 37.4 Å². The van der Waals surface area contributed by atoms with Gasteiger partial charge in [-0.1, -0.05) is 0 Å². The van der Waals surface area contributed by atoms with Gasteiger partial charge in [-0.05, 0) is 25.1 Å². The lowest BCUT2D eigenvalue weighted by Crippen LogP contribution is -2.15. The fraction of sp³-hybridized carbons (Fsp3) is 0.267. The molecule has 0 radical (unpaired) electrons. The summed E-state index contributed by atoms with van der Waals surface area (Å²) in [4.78, 5) is 12.2. The zero-order valence-electron chi connectivity index (χ0n) is 12.6. The van der Waals surface area contributed by atoms with E-state index in [1.807, 2.05) is 6.92 Å². The number of benzene rings is 1. The Labute approximate surface area is 128 Å². The van der Waals surface area contributed by atoms with E-state index in [9.17, 15) is 4.79 Å². The summed E-state index contributed by atoms with van der Waals surface area (Å²) in [5, 5.41) is 10.4. The highest BCUT2D eigenvalue weighted by atomic mass is 16.5. The Morgan fingerprint density at radius 3 is 2.55 bits per heavy atom. The van der Waals surface area contributed by atoms with Crippen molar-refractivity contribution in [3.8, 4) is 17.4 Å². The molecule has 0 spiro atoms. The molecule has 0 aliphatic rings. The lowest BCUT2D eigenvalue weighted by molar-refractivity contribution is 0.102. The molecule has 0 bridgehead atoms. The molecular formula is C15H17N3O4. The Balaban J connectivity index is 2.17. The van der Waals surface area contributed by atoms with Crippen LogP contribution in [0.5, 0.6) is 17.4 Å². The largest absolute Gasteiger partial charge is 0.497 e. The standard InChI is InChI=1S/C15H17N3O4/c1-4-22-14-8-6-11(17-18-14)15(19)16-12-9-10(20-2)5-7-13(12)21-3/h5-9H,4H2,1-3H3,(H,16,19). The molecular weight excluding hydrogens is 286 g/mol. The number of hydrogen-bond donors (Lipinski definition) is 1. The van der Waals surface area contributed by atoms with Crippen LogP contribution in [0.4, 0.5) is 5.69 Å². The normalized spacial score (nSPS) is 9.95. The minimum absolute atomic E-state index is 0.174. The van der Waals surface area contributed by atoms with E-state index in [0.717, 1.165) is 0 Å². The molecule has 0 unspecified atom stereocenters. The van der Waals surface area contributed by atoms with Crippen molar-refractivity contribution >= 4 is 11.6 Å². The second-order valence-corrected chi connectivity index (χ2v) is 4.21. The minimum atomic E-state index is -0.401. The van der Waals surface area contributed by atoms with E-state index >= 15 is 0 Å². The van der Waals surface area contributed by atoms with E-state index < -0.39 is 5.91 Å². The van der Waals surface area contributed by atoms with Crippen molar-refractivity contribution in [1.82, 2.24) is 10.2 Å². The number of nitrogens with zero attached hydrogens (tertiary/aromatic N) is 2. The van der Waals surface area contributed by atoms with Crippen molar-refractivity contribution in [1.29, 1.82) is 0 Å². The third kappa shape index (κ3) is 3.63. The fourth-order valence-corrected chi connectivity index (χ4v) is 1.76. The number of amides is 1. The number of anilines is 1. The molecule has 7 nitrogen and oxygen atoms in total. The summed E-state index contributed by atoms with van der Waals surface area (Å²) in [5.41, 5.74) is 0.663. The van der Waals surface area contributed by atoms with Crippen molar-refractivity contribution < 1.29 is 19.0 Å². The van der Waals surface area contributed by atoms with Gasteiger partial charge in [0.15, 0.2) is 5.69 Å². The highest BCUT2D eigenvalue weighted by Gasteiger charge is 2.13. The van der Waals surface area contributed by atoms with Crippen LogP contribution in [0.1, 0.15) is 17.4 Å². The molecule has 22 heavy (non-hydrogen) atoms. The third-order valence-electron chi connectivity index (χ3n) is 2.82. The molecule has 0 aliphatic carbocycles. The number of nitrogens with one attached hydrogen (secondary N) is 1.